The van der Waals surface area contributed by atoms with Crippen LogP contribution in [-0.2, 0) is 11.8 Å². The van der Waals surface area contributed by atoms with Crippen molar-refractivity contribution in [3.8, 4) is 0 Å². The molecule has 1 unspecified atom stereocenters. The molecule has 5 nitrogen and oxygen atoms in total. The topological polar surface area (TPSA) is 46.5 Å². The van der Waals surface area contributed by atoms with Gasteiger partial charge in [-0.1, -0.05) is 0 Å². The monoisotopic (exact) mass is 279 g/mol. The van der Waals surface area contributed by atoms with Crippen molar-refractivity contribution in [1.82, 2.24) is 14.8 Å². The maximum atomic E-state index is 12.7. The predicted octanol–water partition coefficient (Wildman–Crippen LogP) is 1.17. The zero-order valence-corrected chi connectivity index (χ0v) is 12.7. The molecule has 0 spiro atoms. The zero-order valence-electron chi connectivity index (χ0n) is 12.7. The first kappa shape index (κ1) is 15.1. The molecule has 112 valence electrons. The molecule has 1 fully saturated rings. The number of carbonyl (C=O) groups excluding carboxylic acids is 1. The molecule has 0 saturated carbocycles. The van der Waals surface area contributed by atoms with E-state index in [0.717, 1.165) is 30.9 Å². The second-order valence-corrected chi connectivity index (χ2v) is 5.46. The Morgan fingerprint density at radius 1 is 1.55 bits per heavy atom. The quantitative estimate of drug-likeness (QED) is 0.850. The smallest absolute Gasteiger partial charge is 0.270 e. The van der Waals surface area contributed by atoms with Gasteiger partial charge in [-0.2, -0.15) is 0 Å². The summed E-state index contributed by atoms with van der Waals surface area (Å²) in [7, 11) is 3.61. The highest BCUT2D eigenvalue weighted by Crippen LogP contribution is 2.12. The Morgan fingerprint density at radius 2 is 2.35 bits per heavy atom. The second-order valence-electron chi connectivity index (χ2n) is 5.46. The first-order valence-electron chi connectivity index (χ1n) is 7.27. The molecule has 2 rings (SSSR count). The summed E-state index contributed by atoms with van der Waals surface area (Å²) in [5, 5.41) is 3.45. The van der Waals surface area contributed by atoms with Crippen LogP contribution in [0.3, 0.4) is 0 Å². The van der Waals surface area contributed by atoms with Gasteiger partial charge in [-0.3, -0.25) is 4.79 Å². The summed E-state index contributed by atoms with van der Waals surface area (Å²) in [4.78, 5) is 14.6. The van der Waals surface area contributed by atoms with E-state index in [2.05, 4.69) is 5.32 Å². The highest BCUT2D eigenvalue weighted by molar-refractivity contribution is 5.93. The van der Waals surface area contributed by atoms with Crippen LogP contribution in [0.25, 0.3) is 0 Å². The fourth-order valence-electron chi connectivity index (χ4n) is 2.65. The van der Waals surface area contributed by atoms with Crippen molar-refractivity contribution in [2.45, 2.75) is 25.8 Å². The molecule has 20 heavy (non-hydrogen) atoms. The molecule has 0 bridgehead atoms. The number of rotatable bonds is 6. The standard InChI is InChI=1S/C15H25N3O2/c1-12-6-7-14(17(12)2)15(19)18(9-10-20-3)11-13-5-4-8-16-13/h6-7,13,16H,4-5,8-11H2,1-3H3. The van der Waals surface area contributed by atoms with E-state index in [1.807, 2.05) is 35.6 Å². The third-order valence-corrected chi connectivity index (χ3v) is 4.05. The van der Waals surface area contributed by atoms with E-state index in [1.165, 1.54) is 6.42 Å². The summed E-state index contributed by atoms with van der Waals surface area (Å²) in [6.45, 7) is 5.03. The minimum absolute atomic E-state index is 0.0892. The number of methoxy groups -OCH3 is 1. The van der Waals surface area contributed by atoms with Crippen LogP contribution >= 0.6 is 0 Å². The molecule has 1 aromatic heterocycles. The highest BCUT2D eigenvalue weighted by Gasteiger charge is 2.23. The van der Waals surface area contributed by atoms with E-state index in [-0.39, 0.29) is 5.91 Å². The van der Waals surface area contributed by atoms with E-state index < -0.39 is 0 Å². The van der Waals surface area contributed by atoms with E-state index >= 15 is 0 Å². The summed E-state index contributed by atoms with van der Waals surface area (Å²) in [5.74, 6) is 0.0892. The molecule has 1 aliphatic heterocycles. The van der Waals surface area contributed by atoms with Gasteiger partial charge in [-0.15, -0.1) is 0 Å². The molecule has 1 N–H and O–H groups in total. The van der Waals surface area contributed by atoms with Crippen LogP contribution in [0.5, 0.6) is 0 Å². The van der Waals surface area contributed by atoms with Gasteiger partial charge in [0, 0.05) is 39.0 Å². The molecule has 1 saturated heterocycles. The lowest BCUT2D eigenvalue weighted by Gasteiger charge is -2.26. The van der Waals surface area contributed by atoms with E-state index in [1.54, 1.807) is 7.11 Å². The zero-order chi connectivity index (χ0) is 14.5. The summed E-state index contributed by atoms with van der Waals surface area (Å²) >= 11 is 0. The van der Waals surface area contributed by atoms with Crippen molar-refractivity contribution in [1.29, 1.82) is 0 Å². The number of ether oxygens (including phenoxy) is 1. The Morgan fingerprint density at radius 3 is 2.90 bits per heavy atom. The normalized spacial score (nSPS) is 18.4. The van der Waals surface area contributed by atoms with E-state index in [0.29, 0.717) is 19.2 Å². The Balaban J connectivity index is 2.08. The van der Waals surface area contributed by atoms with Crippen LogP contribution in [0.4, 0.5) is 0 Å². The van der Waals surface area contributed by atoms with E-state index in [4.69, 9.17) is 4.74 Å². The number of aromatic nitrogens is 1. The van der Waals surface area contributed by atoms with Crippen LogP contribution < -0.4 is 5.32 Å². The van der Waals surface area contributed by atoms with Crippen molar-refractivity contribution in [3.63, 3.8) is 0 Å². The summed E-state index contributed by atoms with van der Waals surface area (Å²) in [5.41, 5.74) is 1.84. The minimum atomic E-state index is 0.0892. The number of amides is 1. The van der Waals surface area contributed by atoms with Crippen LogP contribution in [0.2, 0.25) is 0 Å². The predicted molar refractivity (Wildman–Crippen MR) is 79.0 cm³/mol. The summed E-state index contributed by atoms with van der Waals surface area (Å²) < 4.78 is 7.09. The molecule has 1 atom stereocenters. The van der Waals surface area contributed by atoms with Gasteiger partial charge in [-0.25, -0.2) is 0 Å². The van der Waals surface area contributed by atoms with Crippen molar-refractivity contribution < 1.29 is 9.53 Å². The average Bonchev–Trinajstić information content (AvgIpc) is 3.06. The van der Waals surface area contributed by atoms with Crippen LogP contribution in [0.15, 0.2) is 12.1 Å². The van der Waals surface area contributed by atoms with Gasteiger partial charge < -0.3 is 19.5 Å². The number of carbonyl (C=O) groups is 1. The molecule has 2 heterocycles. The van der Waals surface area contributed by atoms with Gasteiger partial charge in [0.1, 0.15) is 5.69 Å². The first-order valence-corrected chi connectivity index (χ1v) is 7.27. The Kier molecular flexibility index (Phi) is 5.20. The molecule has 0 aliphatic carbocycles. The number of aryl methyl sites for hydroxylation is 1. The Bertz CT molecular complexity index is 450. The number of hydrogen-bond donors (Lipinski definition) is 1. The molecular weight excluding hydrogens is 254 g/mol. The van der Waals surface area contributed by atoms with Crippen LogP contribution in [0.1, 0.15) is 29.0 Å². The Labute approximate surface area is 120 Å². The SMILES string of the molecule is COCCN(CC1CCCN1)C(=O)c1ccc(C)n1C. The largest absolute Gasteiger partial charge is 0.383 e. The summed E-state index contributed by atoms with van der Waals surface area (Å²) in [6, 6.07) is 4.30. The van der Waals surface area contributed by atoms with Crippen molar-refractivity contribution in [2.75, 3.05) is 33.4 Å². The average molecular weight is 279 g/mol. The number of hydrogen-bond acceptors (Lipinski definition) is 3. The lowest BCUT2D eigenvalue weighted by atomic mass is 10.2. The first-order chi connectivity index (χ1) is 9.63. The molecule has 0 aromatic carbocycles. The van der Waals surface area contributed by atoms with Gasteiger partial charge >= 0.3 is 0 Å². The highest BCUT2D eigenvalue weighted by atomic mass is 16.5. The molecule has 1 amide bonds. The van der Waals surface area contributed by atoms with Crippen LogP contribution in [-0.4, -0.2) is 54.8 Å². The van der Waals surface area contributed by atoms with Gasteiger partial charge in [0.25, 0.3) is 5.91 Å². The third-order valence-electron chi connectivity index (χ3n) is 4.05. The molecule has 5 heteroatoms. The molecule has 0 radical (unpaired) electrons. The maximum Gasteiger partial charge on any atom is 0.270 e. The van der Waals surface area contributed by atoms with Crippen molar-refractivity contribution >= 4 is 5.91 Å². The number of nitrogens with zero attached hydrogens (tertiary/aromatic N) is 2. The van der Waals surface area contributed by atoms with Crippen molar-refractivity contribution in [2.24, 2.45) is 7.05 Å². The fraction of sp³-hybridized carbons (Fsp3) is 0.667. The van der Waals surface area contributed by atoms with Gasteiger partial charge in [0.05, 0.1) is 6.61 Å². The number of nitrogens with one attached hydrogen (secondary N) is 1. The lowest BCUT2D eigenvalue weighted by Crippen LogP contribution is -2.43. The molecular formula is C15H25N3O2. The van der Waals surface area contributed by atoms with Crippen LogP contribution in [0, 0.1) is 6.92 Å². The third kappa shape index (κ3) is 3.41. The van der Waals surface area contributed by atoms with Gasteiger partial charge in [0.15, 0.2) is 0 Å². The lowest BCUT2D eigenvalue weighted by molar-refractivity contribution is 0.0669. The minimum Gasteiger partial charge on any atom is -0.383 e. The maximum absolute atomic E-state index is 12.7. The molecule has 1 aromatic rings. The molecule has 1 aliphatic rings. The van der Waals surface area contributed by atoms with Gasteiger partial charge in [0.2, 0.25) is 0 Å². The second kappa shape index (κ2) is 6.90. The fourth-order valence-corrected chi connectivity index (χ4v) is 2.65. The van der Waals surface area contributed by atoms with Gasteiger partial charge in [-0.05, 0) is 38.4 Å². The summed E-state index contributed by atoms with van der Waals surface area (Å²) in [6.07, 6.45) is 2.34. The van der Waals surface area contributed by atoms with E-state index in [9.17, 15) is 4.79 Å². The van der Waals surface area contributed by atoms with Crippen molar-refractivity contribution in [3.05, 3.63) is 23.5 Å². The Hall–Kier alpha value is -1.33.